The van der Waals surface area contributed by atoms with Crippen molar-refractivity contribution in [2.75, 3.05) is 18.0 Å². The molecule has 25 heavy (non-hydrogen) atoms. The molecule has 1 saturated heterocycles. The van der Waals surface area contributed by atoms with Crippen LogP contribution in [-0.4, -0.2) is 24.0 Å². The highest BCUT2D eigenvalue weighted by Crippen LogP contribution is 2.17. The molecular weight excluding hydrogens is 324 g/mol. The molecule has 1 aliphatic heterocycles. The number of carbonyl (C=O) groups is 1. The van der Waals surface area contributed by atoms with Crippen LogP contribution in [0.1, 0.15) is 41.6 Å². The minimum absolute atomic E-state index is 0.0908. The smallest absolute Gasteiger partial charge is 0.251 e. The number of carbonyl (C=O) groups excluding carboxylic acids is 1. The van der Waals surface area contributed by atoms with Crippen LogP contribution in [0.2, 0.25) is 0 Å². The average molecular weight is 345 g/mol. The molecule has 2 aromatic rings. The molecule has 0 spiro atoms. The quantitative estimate of drug-likeness (QED) is 0.920. The number of hydrogen-bond donors (Lipinski definition) is 1. The van der Waals surface area contributed by atoms with Crippen molar-refractivity contribution in [2.45, 2.75) is 32.2 Å². The zero-order valence-corrected chi connectivity index (χ0v) is 14.0. The van der Waals surface area contributed by atoms with E-state index in [9.17, 15) is 13.6 Å². The van der Waals surface area contributed by atoms with Crippen LogP contribution in [0.15, 0.2) is 36.5 Å². The van der Waals surface area contributed by atoms with Crippen LogP contribution in [-0.2, 0) is 6.54 Å². The molecule has 0 saturated carbocycles. The minimum atomic E-state index is -1.03. The maximum Gasteiger partial charge on any atom is 0.251 e. The fraction of sp³-hybridized carbons (Fsp3) is 0.368. The number of nitrogens with zero attached hydrogens (tertiary/aromatic N) is 2. The number of hydrogen-bond acceptors (Lipinski definition) is 3. The van der Waals surface area contributed by atoms with Gasteiger partial charge in [0.2, 0.25) is 0 Å². The van der Waals surface area contributed by atoms with Gasteiger partial charge in [0.1, 0.15) is 5.82 Å². The van der Waals surface area contributed by atoms with Gasteiger partial charge >= 0.3 is 0 Å². The van der Waals surface area contributed by atoms with Gasteiger partial charge in [0, 0.05) is 31.4 Å². The third-order valence-corrected chi connectivity index (χ3v) is 4.37. The molecule has 6 heteroatoms. The normalized spacial score (nSPS) is 14.9. The van der Waals surface area contributed by atoms with Gasteiger partial charge in [-0.15, -0.1) is 0 Å². The zero-order valence-electron chi connectivity index (χ0n) is 14.0. The number of nitrogens with one attached hydrogen (secondary N) is 1. The Bertz CT molecular complexity index is 726. The predicted octanol–water partition coefficient (Wildman–Crippen LogP) is 3.67. The second kappa shape index (κ2) is 8.05. The largest absolute Gasteiger partial charge is 0.357 e. The Morgan fingerprint density at radius 3 is 2.44 bits per heavy atom. The maximum atomic E-state index is 13.2. The highest BCUT2D eigenvalue weighted by Gasteiger charge is 2.12. The van der Waals surface area contributed by atoms with E-state index in [1.54, 1.807) is 6.20 Å². The second-order valence-corrected chi connectivity index (χ2v) is 6.24. The van der Waals surface area contributed by atoms with E-state index in [1.165, 1.54) is 31.7 Å². The topological polar surface area (TPSA) is 45.2 Å². The van der Waals surface area contributed by atoms with Crippen molar-refractivity contribution in [1.29, 1.82) is 0 Å². The monoisotopic (exact) mass is 345 g/mol. The summed E-state index contributed by atoms with van der Waals surface area (Å²) in [5, 5.41) is 2.69. The molecule has 2 heterocycles. The summed E-state index contributed by atoms with van der Waals surface area (Å²) in [5.41, 5.74) is 0.947. The Hall–Kier alpha value is -2.50. The lowest BCUT2D eigenvalue weighted by molar-refractivity contribution is 0.0950. The van der Waals surface area contributed by atoms with Gasteiger partial charge in [-0.25, -0.2) is 13.8 Å². The fourth-order valence-corrected chi connectivity index (χ4v) is 2.93. The van der Waals surface area contributed by atoms with Gasteiger partial charge in [-0.05, 0) is 42.7 Å². The molecule has 1 fully saturated rings. The summed E-state index contributed by atoms with van der Waals surface area (Å²) in [6.07, 6.45) is 6.66. The van der Waals surface area contributed by atoms with E-state index >= 15 is 0 Å². The molecule has 1 aliphatic rings. The van der Waals surface area contributed by atoms with Gasteiger partial charge in [0.05, 0.1) is 0 Å². The Morgan fingerprint density at radius 2 is 1.80 bits per heavy atom. The summed E-state index contributed by atoms with van der Waals surface area (Å²) in [6.45, 7) is 2.34. The van der Waals surface area contributed by atoms with Crippen molar-refractivity contribution in [1.82, 2.24) is 10.3 Å². The van der Waals surface area contributed by atoms with E-state index in [4.69, 9.17) is 0 Å². The molecule has 1 amide bonds. The molecule has 3 rings (SSSR count). The molecule has 0 atom stereocenters. The fourth-order valence-electron chi connectivity index (χ4n) is 2.93. The lowest BCUT2D eigenvalue weighted by atomic mass is 10.2. The number of amides is 1. The second-order valence-electron chi connectivity index (χ2n) is 6.24. The first-order chi connectivity index (χ1) is 12.1. The van der Waals surface area contributed by atoms with Gasteiger partial charge < -0.3 is 10.2 Å². The highest BCUT2D eigenvalue weighted by atomic mass is 19.2. The number of benzene rings is 1. The summed E-state index contributed by atoms with van der Waals surface area (Å²) in [7, 11) is 0. The predicted molar refractivity (Wildman–Crippen MR) is 92.4 cm³/mol. The van der Waals surface area contributed by atoms with E-state index in [0.29, 0.717) is 0 Å². The van der Waals surface area contributed by atoms with Crippen molar-refractivity contribution in [2.24, 2.45) is 0 Å². The van der Waals surface area contributed by atoms with Gasteiger partial charge in [0.25, 0.3) is 5.91 Å². The SMILES string of the molecule is O=C(NCc1ccc(N2CCCCCC2)nc1)c1ccc(F)c(F)c1. The van der Waals surface area contributed by atoms with E-state index in [-0.39, 0.29) is 12.1 Å². The number of aromatic nitrogens is 1. The molecule has 1 N–H and O–H groups in total. The van der Waals surface area contributed by atoms with Crippen molar-refractivity contribution >= 4 is 11.7 Å². The molecule has 4 nitrogen and oxygen atoms in total. The van der Waals surface area contributed by atoms with E-state index in [0.717, 1.165) is 36.6 Å². The third-order valence-electron chi connectivity index (χ3n) is 4.37. The summed E-state index contributed by atoms with van der Waals surface area (Å²) >= 11 is 0. The van der Waals surface area contributed by atoms with Gasteiger partial charge in [-0.2, -0.15) is 0 Å². The molecular formula is C19H21F2N3O. The minimum Gasteiger partial charge on any atom is -0.357 e. The van der Waals surface area contributed by atoms with Crippen molar-refractivity contribution in [3.8, 4) is 0 Å². The zero-order chi connectivity index (χ0) is 17.6. The van der Waals surface area contributed by atoms with Crippen LogP contribution in [0.3, 0.4) is 0 Å². The summed E-state index contributed by atoms with van der Waals surface area (Å²) in [6, 6.07) is 6.99. The first-order valence-electron chi connectivity index (χ1n) is 8.56. The van der Waals surface area contributed by atoms with Crippen molar-refractivity contribution in [3.05, 3.63) is 59.3 Å². The van der Waals surface area contributed by atoms with Crippen LogP contribution in [0.25, 0.3) is 0 Å². The molecule has 0 unspecified atom stereocenters. The lowest BCUT2D eigenvalue weighted by Gasteiger charge is -2.21. The molecule has 1 aromatic carbocycles. The standard InChI is InChI=1S/C19H21F2N3O/c20-16-7-6-15(11-17(16)21)19(25)23-13-14-5-8-18(22-12-14)24-9-3-1-2-4-10-24/h5-8,11-12H,1-4,9-10,13H2,(H,23,25). The summed E-state index contributed by atoms with van der Waals surface area (Å²) in [4.78, 5) is 18.8. The number of halogens is 2. The van der Waals surface area contributed by atoms with Crippen LogP contribution in [0.4, 0.5) is 14.6 Å². The lowest BCUT2D eigenvalue weighted by Crippen LogP contribution is -2.25. The number of rotatable bonds is 4. The molecule has 1 aromatic heterocycles. The van der Waals surface area contributed by atoms with Crippen LogP contribution in [0.5, 0.6) is 0 Å². The number of anilines is 1. The summed E-state index contributed by atoms with van der Waals surface area (Å²) in [5.74, 6) is -1.49. The van der Waals surface area contributed by atoms with Crippen molar-refractivity contribution in [3.63, 3.8) is 0 Å². The first kappa shape index (κ1) is 17.3. The molecule has 0 aliphatic carbocycles. The Kier molecular flexibility index (Phi) is 5.58. The maximum absolute atomic E-state index is 13.2. The van der Waals surface area contributed by atoms with Crippen molar-refractivity contribution < 1.29 is 13.6 Å². The highest BCUT2D eigenvalue weighted by molar-refractivity contribution is 5.94. The Labute approximate surface area is 145 Å². The Balaban J connectivity index is 1.57. The van der Waals surface area contributed by atoms with Crippen LogP contribution >= 0.6 is 0 Å². The van der Waals surface area contributed by atoms with Crippen LogP contribution in [0, 0.1) is 11.6 Å². The molecule has 132 valence electrons. The third kappa shape index (κ3) is 4.53. The van der Waals surface area contributed by atoms with Gasteiger partial charge in [-0.1, -0.05) is 18.9 Å². The van der Waals surface area contributed by atoms with Gasteiger partial charge in [-0.3, -0.25) is 4.79 Å². The van der Waals surface area contributed by atoms with E-state index in [2.05, 4.69) is 15.2 Å². The van der Waals surface area contributed by atoms with E-state index in [1.807, 2.05) is 12.1 Å². The van der Waals surface area contributed by atoms with Gasteiger partial charge in [0.15, 0.2) is 11.6 Å². The first-order valence-corrected chi connectivity index (χ1v) is 8.56. The number of pyridine rings is 1. The van der Waals surface area contributed by atoms with Crippen LogP contribution < -0.4 is 10.2 Å². The van der Waals surface area contributed by atoms with E-state index < -0.39 is 17.5 Å². The summed E-state index contributed by atoms with van der Waals surface area (Å²) < 4.78 is 26.1. The molecule has 0 bridgehead atoms. The Morgan fingerprint density at radius 1 is 1.04 bits per heavy atom. The molecule has 0 radical (unpaired) electrons. The average Bonchev–Trinajstić information content (AvgIpc) is 2.92.